The maximum Gasteiger partial charge on any atom is 0.222 e. The third kappa shape index (κ3) is 4.33. The first-order valence-corrected chi connectivity index (χ1v) is 5.64. The van der Waals surface area contributed by atoms with Gasteiger partial charge in [0.2, 0.25) is 5.95 Å². The highest BCUT2D eigenvalue weighted by Gasteiger charge is 2.10. The normalized spacial score (nSPS) is 12.8. The van der Waals surface area contributed by atoms with E-state index in [9.17, 15) is 5.11 Å². The van der Waals surface area contributed by atoms with Crippen molar-refractivity contribution in [3.8, 4) is 0 Å². The molecule has 6 nitrogen and oxygen atoms in total. The Balaban J connectivity index is 2.63. The molecule has 0 saturated heterocycles. The Labute approximate surface area is 106 Å². The molecule has 7 heteroatoms. The summed E-state index contributed by atoms with van der Waals surface area (Å²) in [5.41, 5.74) is 6.14. The zero-order valence-electron chi connectivity index (χ0n) is 10.2. The minimum Gasteiger partial charge on any atom is -0.390 e. The van der Waals surface area contributed by atoms with Gasteiger partial charge in [0.15, 0.2) is 5.82 Å². The van der Waals surface area contributed by atoms with E-state index in [0.717, 1.165) is 0 Å². The van der Waals surface area contributed by atoms with Crippen molar-refractivity contribution >= 4 is 23.4 Å². The van der Waals surface area contributed by atoms with Crippen molar-refractivity contribution in [2.45, 2.75) is 13.0 Å². The van der Waals surface area contributed by atoms with Gasteiger partial charge in [0.25, 0.3) is 0 Å². The Hall–Kier alpha value is -1.11. The quantitative estimate of drug-likeness (QED) is 0.708. The van der Waals surface area contributed by atoms with Crippen LogP contribution in [0.3, 0.4) is 0 Å². The van der Waals surface area contributed by atoms with Gasteiger partial charge in [-0.05, 0) is 21.0 Å². The first-order chi connectivity index (χ1) is 7.90. The molecular weight excluding hydrogens is 242 g/mol. The second kappa shape index (κ2) is 6.00. The molecule has 0 fully saturated rings. The third-order valence-corrected chi connectivity index (χ3v) is 2.57. The number of aliphatic hydroxyl groups is 1. The van der Waals surface area contributed by atoms with Crippen molar-refractivity contribution in [3.05, 3.63) is 10.7 Å². The number of nitrogens with zero attached hydrogens (tertiary/aromatic N) is 3. The van der Waals surface area contributed by atoms with Crippen LogP contribution in [0, 0.1) is 6.92 Å². The number of rotatable bonds is 5. The van der Waals surface area contributed by atoms with Crippen LogP contribution < -0.4 is 11.1 Å². The average Bonchev–Trinajstić information content (AvgIpc) is 2.20. The monoisotopic (exact) mass is 259 g/mol. The van der Waals surface area contributed by atoms with Crippen LogP contribution in [0.2, 0.25) is 5.02 Å². The zero-order chi connectivity index (χ0) is 13.0. The van der Waals surface area contributed by atoms with Crippen LogP contribution in [0.5, 0.6) is 0 Å². The van der Waals surface area contributed by atoms with Crippen LogP contribution in [0.15, 0.2) is 0 Å². The summed E-state index contributed by atoms with van der Waals surface area (Å²) in [4.78, 5) is 9.81. The fraction of sp³-hybridized carbons (Fsp3) is 0.600. The van der Waals surface area contributed by atoms with Gasteiger partial charge in [-0.2, -0.15) is 4.98 Å². The maximum atomic E-state index is 9.69. The molecule has 0 aliphatic heterocycles. The predicted octanol–water partition coefficient (Wildman–Crippen LogP) is 0.355. The van der Waals surface area contributed by atoms with Crippen molar-refractivity contribution in [2.75, 3.05) is 38.2 Å². The highest BCUT2D eigenvalue weighted by atomic mass is 35.5. The molecule has 0 aromatic carbocycles. The lowest BCUT2D eigenvalue weighted by atomic mass is 10.3. The minimum absolute atomic E-state index is 0.163. The van der Waals surface area contributed by atoms with Crippen molar-refractivity contribution in [2.24, 2.45) is 0 Å². The van der Waals surface area contributed by atoms with Crippen LogP contribution in [-0.2, 0) is 0 Å². The number of aryl methyl sites for hydroxylation is 1. The molecule has 1 atom stereocenters. The lowest BCUT2D eigenvalue weighted by Gasteiger charge is -2.17. The molecule has 0 spiro atoms. The largest absolute Gasteiger partial charge is 0.390 e. The van der Waals surface area contributed by atoms with E-state index in [4.69, 9.17) is 17.3 Å². The number of nitrogens with one attached hydrogen (secondary N) is 1. The Morgan fingerprint density at radius 2 is 2.12 bits per heavy atom. The zero-order valence-corrected chi connectivity index (χ0v) is 11.0. The van der Waals surface area contributed by atoms with Gasteiger partial charge in [-0.15, -0.1) is 0 Å². The van der Waals surface area contributed by atoms with Crippen LogP contribution in [0.1, 0.15) is 5.69 Å². The maximum absolute atomic E-state index is 9.69. The van der Waals surface area contributed by atoms with E-state index in [1.54, 1.807) is 6.92 Å². The van der Waals surface area contributed by atoms with Gasteiger partial charge in [0.05, 0.1) is 11.8 Å². The number of halogens is 1. The summed E-state index contributed by atoms with van der Waals surface area (Å²) in [5, 5.41) is 13.1. The first-order valence-electron chi connectivity index (χ1n) is 5.26. The number of likely N-dealkylation sites (N-methyl/N-ethyl adjacent to an activating group) is 1. The van der Waals surface area contributed by atoms with Gasteiger partial charge in [-0.25, -0.2) is 4.98 Å². The molecule has 0 unspecified atom stereocenters. The first kappa shape index (κ1) is 14.0. The highest BCUT2D eigenvalue weighted by molar-refractivity contribution is 6.33. The second-order valence-corrected chi connectivity index (χ2v) is 4.50. The van der Waals surface area contributed by atoms with Crippen molar-refractivity contribution in [3.63, 3.8) is 0 Å². The Morgan fingerprint density at radius 1 is 1.47 bits per heavy atom. The van der Waals surface area contributed by atoms with Gasteiger partial charge in [0, 0.05) is 13.1 Å². The molecule has 17 heavy (non-hydrogen) atoms. The summed E-state index contributed by atoms with van der Waals surface area (Å²) in [5.74, 6) is 0.617. The molecule has 1 rings (SSSR count). The van der Waals surface area contributed by atoms with Crippen LogP contribution in [0.25, 0.3) is 0 Å². The summed E-state index contributed by atoms with van der Waals surface area (Å²) in [7, 11) is 3.78. The van der Waals surface area contributed by atoms with Gasteiger partial charge in [0.1, 0.15) is 5.02 Å². The van der Waals surface area contributed by atoms with E-state index in [2.05, 4.69) is 15.3 Å². The molecule has 1 aromatic rings. The molecule has 0 aliphatic rings. The van der Waals surface area contributed by atoms with E-state index in [1.165, 1.54) is 0 Å². The fourth-order valence-corrected chi connectivity index (χ4v) is 1.55. The van der Waals surface area contributed by atoms with E-state index in [1.807, 2.05) is 19.0 Å². The molecule has 1 aromatic heterocycles. The standard InChI is InChI=1S/C10H18ClN5O/c1-6-8(11)9(15-10(12)14-6)13-4-7(17)5-16(2)3/h7,17H,4-5H2,1-3H3,(H3,12,13,14,15)/t7-/m0/s1. The summed E-state index contributed by atoms with van der Waals surface area (Å²) in [6, 6.07) is 0. The smallest absolute Gasteiger partial charge is 0.222 e. The van der Waals surface area contributed by atoms with E-state index in [0.29, 0.717) is 29.6 Å². The molecule has 96 valence electrons. The molecule has 0 amide bonds. The summed E-state index contributed by atoms with van der Waals surface area (Å²) in [6.45, 7) is 2.67. The molecule has 4 N–H and O–H groups in total. The van der Waals surface area contributed by atoms with Gasteiger partial charge < -0.3 is 21.1 Å². The van der Waals surface area contributed by atoms with Crippen molar-refractivity contribution in [1.29, 1.82) is 0 Å². The van der Waals surface area contributed by atoms with Crippen molar-refractivity contribution < 1.29 is 5.11 Å². The lowest BCUT2D eigenvalue weighted by molar-refractivity contribution is 0.148. The van der Waals surface area contributed by atoms with Crippen LogP contribution >= 0.6 is 11.6 Å². The van der Waals surface area contributed by atoms with Crippen LogP contribution in [-0.4, -0.2) is 53.3 Å². The number of hydrogen-bond donors (Lipinski definition) is 3. The van der Waals surface area contributed by atoms with E-state index < -0.39 is 6.10 Å². The topological polar surface area (TPSA) is 87.3 Å². The number of nitrogen functional groups attached to an aromatic ring is 1. The third-order valence-electron chi connectivity index (χ3n) is 2.12. The SMILES string of the molecule is Cc1nc(N)nc(NC[C@H](O)CN(C)C)c1Cl. The summed E-state index contributed by atoms with van der Waals surface area (Å²) in [6.07, 6.45) is -0.502. The van der Waals surface area contributed by atoms with Gasteiger partial charge >= 0.3 is 0 Å². The Bertz CT molecular complexity index is 385. The number of hydrogen-bond acceptors (Lipinski definition) is 6. The lowest BCUT2D eigenvalue weighted by Crippen LogP contribution is -2.31. The second-order valence-electron chi connectivity index (χ2n) is 4.13. The van der Waals surface area contributed by atoms with Crippen LogP contribution in [0.4, 0.5) is 11.8 Å². The molecular formula is C10H18ClN5O. The predicted molar refractivity (Wildman–Crippen MR) is 69.2 cm³/mol. The molecule has 0 radical (unpaired) electrons. The van der Waals surface area contributed by atoms with Crippen molar-refractivity contribution in [1.82, 2.24) is 14.9 Å². The number of aliphatic hydroxyl groups excluding tert-OH is 1. The molecule has 0 saturated carbocycles. The minimum atomic E-state index is -0.502. The van der Waals surface area contributed by atoms with E-state index >= 15 is 0 Å². The Morgan fingerprint density at radius 3 is 2.71 bits per heavy atom. The average molecular weight is 260 g/mol. The summed E-state index contributed by atoms with van der Waals surface area (Å²) < 4.78 is 0. The number of nitrogens with two attached hydrogens (primary N) is 1. The number of aromatic nitrogens is 2. The van der Waals surface area contributed by atoms with E-state index in [-0.39, 0.29) is 5.95 Å². The molecule has 1 heterocycles. The number of anilines is 2. The molecule has 0 aliphatic carbocycles. The van der Waals surface area contributed by atoms with Gasteiger partial charge in [-0.1, -0.05) is 11.6 Å². The Kier molecular flexibility index (Phi) is 4.92. The summed E-state index contributed by atoms with van der Waals surface area (Å²) >= 11 is 6.02. The fourth-order valence-electron chi connectivity index (χ4n) is 1.40. The van der Waals surface area contributed by atoms with Gasteiger partial charge in [-0.3, -0.25) is 0 Å². The molecule has 0 bridgehead atoms. The highest BCUT2D eigenvalue weighted by Crippen LogP contribution is 2.22.